The number of aromatic hydroxyl groups is 1. The quantitative estimate of drug-likeness (QED) is 0.226. The summed E-state index contributed by atoms with van der Waals surface area (Å²) in [5.41, 5.74) is 7.96. The van der Waals surface area contributed by atoms with E-state index in [0.29, 0.717) is 43.1 Å². The van der Waals surface area contributed by atoms with Gasteiger partial charge >= 0.3 is 0 Å². The third kappa shape index (κ3) is 6.49. The number of nitrogens with one attached hydrogen (secondary N) is 1. The highest BCUT2D eigenvalue weighted by atomic mass is 16.5. The van der Waals surface area contributed by atoms with Crippen LogP contribution in [0.4, 0.5) is 11.4 Å². The van der Waals surface area contributed by atoms with Crippen molar-refractivity contribution in [1.29, 1.82) is 0 Å². The van der Waals surface area contributed by atoms with E-state index in [-0.39, 0.29) is 47.8 Å². The average molecular weight is 794 g/mol. The molecule has 4 aromatic rings. The predicted octanol–water partition coefficient (Wildman–Crippen LogP) is 6.04. The maximum Gasteiger partial charge on any atom is 0.255 e. The smallest absolute Gasteiger partial charge is 0.255 e. The Kier molecular flexibility index (Phi) is 8.87. The third-order valence-electron chi connectivity index (χ3n) is 14.6. The normalized spacial score (nSPS) is 26.2. The lowest BCUT2D eigenvalue weighted by molar-refractivity contribution is -0.136. The molecule has 11 rings (SSSR count). The van der Waals surface area contributed by atoms with Gasteiger partial charge in [0.2, 0.25) is 11.8 Å². The van der Waals surface area contributed by atoms with Crippen molar-refractivity contribution in [2.75, 3.05) is 62.3 Å². The summed E-state index contributed by atoms with van der Waals surface area (Å²) in [5.74, 6) is 1.97. The third-order valence-corrected chi connectivity index (χ3v) is 14.6. The highest BCUT2D eigenvalue weighted by Gasteiger charge is 2.46. The van der Waals surface area contributed by atoms with Crippen molar-refractivity contribution in [2.45, 2.75) is 69.0 Å². The van der Waals surface area contributed by atoms with E-state index in [2.05, 4.69) is 80.7 Å². The molecule has 11 heteroatoms. The van der Waals surface area contributed by atoms with Gasteiger partial charge in [0.25, 0.3) is 5.91 Å². The first-order valence-electron chi connectivity index (χ1n) is 21.6. The van der Waals surface area contributed by atoms with Crippen LogP contribution in [-0.4, -0.2) is 97.2 Å². The number of carbonyl (C=O) groups is 3. The van der Waals surface area contributed by atoms with E-state index in [1.54, 1.807) is 17.0 Å². The van der Waals surface area contributed by atoms with Crippen LogP contribution in [0.3, 0.4) is 0 Å². The van der Waals surface area contributed by atoms with Gasteiger partial charge in [-0.2, -0.15) is 0 Å². The number of ether oxygens (including phenoxy) is 2. The first kappa shape index (κ1) is 36.5. The summed E-state index contributed by atoms with van der Waals surface area (Å²) >= 11 is 0. The topological polar surface area (TPSA) is 115 Å². The summed E-state index contributed by atoms with van der Waals surface area (Å²) in [6, 6.07) is 29.0. The van der Waals surface area contributed by atoms with Crippen LogP contribution in [0.25, 0.3) is 0 Å². The lowest BCUT2D eigenvalue weighted by atomic mass is 9.65. The maximum atomic E-state index is 13.4. The molecule has 0 radical (unpaired) electrons. The SMILES string of the molecule is O=C1CC[C@@H](N2Cc3cc4c(cc3C2=O)OC[C@H]2CN(CC3CCC5(CC3)CN(c3ccc([C@@H]6c7ccc(O)cc7OC[C@@H]6c6ccccc6)cc3)C5)CCN42)C(=O)N1. The molecule has 4 aromatic carbocycles. The number of anilines is 2. The first-order chi connectivity index (χ1) is 28.8. The van der Waals surface area contributed by atoms with Gasteiger partial charge < -0.3 is 29.3 Å². The number of benzene rings is 4. The number of phenolic OH excluding ortho intramolecular Hbond substituents is 1. The zero-order valence-corrected chi connectivity index (χ0v) is 33.4. The maximum absolute atomic E-state index is 13.4. The molecule has 3 amide bonds. The number of hydrogen-bond acceptors (Lipinski definition) is 9. The Morgan fingerprint density at radius 3 is 2.39 bits per heavy atom. The molecule has 59 heavy (non-hydrogen) atoms. The van der Waals surface area contributed by atoms with Gasteiger partial charge in [0.05, 0.1) is 18.3 Å². The van der Waals surface area contributed by atoms with Crippen molar-refractivity contribution in [3.8, 4) is 17.2 Å². The lowest BCUT2D eigenvalue weighted by Gasteiger charge is -2.55. The van der Waals surface area contributed by atoms with Gasteiger partial charge in [0, 0.05) is 92.4 Å². The first-order valence-corrected chi connectivity index (χ1v) is 21.6. The molecular formula is C48H51N5O6. The number of phenols is 1. The number of fused-ring (bicyclic) bond motifs is 5. The van der Waals surface area contributed by atoms with Crippen LogP contribution in [0.15, 0.2) is 84.9 Å². The minimum Gasteiger partial charge on any atom is -0.508 e. The minimum absolute atomic E-state index is 0.144. The molecule has 1 saturated carbocycles. The van der Waals surface area contributed by atoms with Crippen LogP contribution in [0, 0.1) is 11.3 Å². The number of rotatable bonds is 6. The minimum atomic E-state index is -0.619. The van der Waals surface area contributed by atoms with Gasteiger partial charge in [0.1, 0.15) is 29.9 Å². The van der Waals surface area contributed by atoms with Gasteiger partial charge in [0.15, 0.2) is 0 Å². The number of carbonyl (C=O) groups excluding carboxylic acids is 3. The number of hydrogen-bond donors (Lipinski definition) is 2. The molecule has 1 spiro atoms. The van der Waals surface area contributed by atoms with E-state index in [0.717, 1.165) is 67.6 Å². The van der Waals surface area contributed by atoms with E-state index < -0.39 is 6.04 Å². The van der Waals surface area contributed by atoms with Crippen LogP contribution in [0.1, 0.15) is 83.0 Å². The number of amides is 3. The van der Waals surface area contributed by atoms with E-state index >= 15 is 0 Å². The fourth-order valence-electron chi connectivity index (χ4n) is 11.4. The van der Waals surface area contributed by atoms with Crippen LogP contribution < -0.4 is 24.6 Å². The number of piperidine rings is 1. The Labute approximate surface area is 344 Å². The largest absolute Gasteiger partial charge is 0.508 e. The van der Waals surface area contributed by atoms with Crippen molar-refractivity contribution < 1.29 is 29.0 Å². The molecule has 0 aromatic heterocycles. The van der Waals surface area contributed by atoms with Gasteiger partial charge in [-0.05, 0) is 85.0 Å². The van der Waals surface area contributed by atoms with Crippen molar-refractivity contribution in [3.05, 3.63) is 113 Å². The second-order valence-electron chi connectivity index (χ2n) is 18.2. The van der Waals surface area contributed by atoms with Crippen LogP contribution in [0.2, 0.25) is 0 Å². The number of imide groups is 1. The molecule has 6 heterocycles. The molecule has 4 atom stereocenters. The summed E-state index contributed by atoms with van der Waals surface area (Å²) < 4.78 is 12.5. The molecule has 6 aliphatic heterocycles. The van der Waals surface area contributed by atoms with Crippen LogP contribution >= 0.6 is 0 Å². The summed E-state index contributed by atoms with van der Waals surface area (Å²) in [5, 5.41) is 12.6. The Morgan fingerprint density at radius 1 is 0.797 bits per heavy atom. The Morgan fingerprint density at radius 2 is 1.59 bits per heavy atom. The van der Waals surface area contributed by atoms with E-state index in [9.17, 15) is 19.5 Å². The van der Waals surface area contributed by atoms with Gasteiger partial charge in [-0.25, -0.2) is 0 Å². The summed E-state index contributed by atoms with van der Waals surface area (Å²) in [6.07, 6.45) is 5.74. The van der Waals surface area contributed by atoms with E-state index in [4.69, 9.17) is 9.47 Å². The van der Waals surface area contributed by atoms with E-state index in [1.165, 1.54) is 42.5 Å². The Hall–Kier alpha value is -5.55. The second-order valence-corrected chi connectivity index (χ2v) is 18.2. The van der Waals surface area contributed by atoms with Gasteiger partial charge in [-0.15, -0.1) is 0 Å². The Bertz CT molecular complexity index is 2300. The fraction of sp³-hybridized carbons (Fsp3) is 0.438. The molecule has 1 aliphatic carbocycles. The predicted molar refractivity (Wildman–Crippen MR) is 223 cm³/mol. The lowest BCUT2D eigenvalue weighted by Crippen LogP contribution is -2.59. The molecule has 0 bridgehead atoms. The zero-order valence-electron chi connectivity index (χ0n) is 33.4. The molecule has 304 valence electrons. The summed E-state index contributed by atoms with van der Waals surface area (Å²) in [6.45, 7) is 7.84. The molecular weight excluding hydrogens is 743 g/mol. The molecule has 0 unspecified atom stereocenters. The summed E-state index contributed by atoms with van der Waals surface area (Å²) in [7, 11) is 0. The highest BCUT2D eigenvalue weighted by molar-refractivity contribution is 6.06. The van der Waals surface area contributed by atoms with Crippen molar-refractivity contribution >= 4 is 29.1 Å². The highest BCUT2D eigenvalue weighted by Crippen LogP contribution is 2.50. The zero-order chi connectivity index (χ0) is 39.8. The van der Waals surface area contributed by atoms with E-state index in [1.807, 2.05) is 12.1 Å². The standard InChI is InChI=1S/C48H51N5O6/c54-36-10-11-37-42(21-36)59-27-39(31-4-2-1-3-5-31)45(37)32-6-8-34(9-7-32)51-28-48(29-51)16-14-30(15-17-48)23-50-18-19-52-35(25-50)26-58-43-22-38-33(20-41(43)52)24-53(47(38)57)40-12-13-44(55)49-46(40)56/h1-11,20-22,30,35,39-40,45,54H,12-19,23-29H2,(H,49,55,56)/t35-,39-,40-,45-/m1/s1. The average Bonchev–Trinajstić information content (AvgIpc) is 3.56. The van der Waals surface area contributed by atoms with Crippen molar-refractivity contribution in [3.63, 3.8) is 0 Å². The fourth-order valence-corrected chi connectivity index (χ4v) is 11.4. The van der Waals surface area contributed by atoms with Gasteiger partial charge in [-0.3, -0.25) is 24.6 Å². The van der Waals surface area contributed by atoms with Crippen LogP contribution in [0.5, 0.6) is 17.2 Å². The molecule has 2 N–H and O–H groups in total. The van der Waals surface area contributed by atoms with Crippen molar-refractivity contribution in [2.24, 2.45) is 11.3 Å². The molecule has 11 nitrogen and oxygen atoms in total. The van der Waals surface area contributed by atoms with Gasteiger partial charge in [-0.1, -0.05) is 48.5 Å². The summed E-state index contributed by atoms with van der Waals surface area (Å²) in [4.78, 5) is 47.0. The molecule has 3 saturated heterocycles. The second kappa shape index (κ2) is 14.3. The Balaban J connectivity index is 0.687. The number of piperazine rings is 1. The van der Waals surface area contributed by atoms with Crippen molar-refractivity contribution in [1.82, 2.24) is 15.1 Å². The number of nitrogens with zero attached hydrogens (tertiary/aromatic N) is 4. The molecule has 7 aliphatic rings. The van der Waals surface area contributed by atoms with Crippen LogP contribution in [-0.2, 0) is 16.1 Å². The monoisotopic (exact) mass is 793 g/mol. The molecule has 4 fully saturated rings.